The van der Waals surface area contributed by atoms with Crippen molar-refractivity contribution in [2.75, 3.05) is 13.1 Å². The summed E-state index contributed by atoms with van der Waals surface area (Å²) in [6.45, 7) is 1.87. The Bertz CT molecular complexity index is 624. The largest absolute Gasteiger partial charge is 0.314 e. The van der Waals surface area contributed by atoms with Crippen molar-refractivity contribution in [3.05, 3.63) is 33.8 Å². The molecule has 4 rings (SSSR count). The monoisotopic (exact) mass is 307 g/mol. The van der Waals surface area contributed by atoms with Crippen molar-refractivity contribution in [1.29, 1.82) is 0 Å². The average Bonchev–Trinajstić information content (AvgIpc) is 3.16. The van der Waals surface area contributed by atoms with E-state index < -0.39 is 0 Å². The second-order valence-corrected chi connectivity index (χ2v) is 6.63. The fourth-order valence-corrected chi connectivity index (χ4v) is 3.90. The number of amidine groups is 1. The Morgan fingerprint density at radius 1 is 1.15 bits per heavy atom. The second-order valence-electron chi connectivity index (χ2n) is 5.82. The summed E-state index contributed by atoms with van der Waals surface area (Å²) in [6, 6.07) is 6.28. The molecule has 3 nitrogen and oxygen atoms in total. The molecule has 2 bridgehead atoms. The molecule has 104 valence electrons. The zero-order valence-electron chi connectivity index (χ0n) is 10.9. The quantitative estimate of drug-likeness (QED) is 0.895. The van der Waals surface area contributed by atoms with Crippen LogP contribution in [0, 0.1) is 11.8 Å². The van der Waals surface area contributed by atoms with Gasteiger partial charge in [-0.25, -0.2) is 4.99 Å². The molecule has 3 unspecified atom stereocenters. The predicted molar refractivity (Wildman–Crippen MR) is 83.3 cm³/mol. The minimum atomic E-state index is 0.555. The second kappa shape index (κ2) is 4.83. The molecule has 1 N–H and O–H groups in total. The van der Waals surface area contributed by atoms with Crippen molar-refractivity contribution in [3.8, 4) is 0 Å². The van der Waals surface area contributed by atoms with Gasteiger partial charge in [-0.05, 0) is 43.5 Å². The van der Waals surface area contributed by atoms with Crippen LogP contribution in [0.2, 0.25) is 10.0 Å². The van der Waals surface area contributed by atoms with E-state index in [9.17, 15) is 0 Å². The van der Waals surface area contributed by atoms with Crippen molar-refractivity contribution < 1.29 is 0 Å². The molecule has 3 atom stereocenters. The maximum atomic E-state index is 6.06. The molecule has 0 spiro atoms. The molecule has 2 heterocycles. The van der Waals surface area contributed by atoms with Crippen molar-refractivity contribution in [1.82, 2.24) is 5.32 Å². The van der Waals surface area contributed by atoms with Crippen LogP contribution in [0.5, 0.6) is 0 Å². The number of rotatable bonds is 2. The van der Waals surface area contributed by atoms with Crippen LogP contribution >= 0.6 is 23.2 Å². The molecule has 2 fully saturated rings. The van der Waals surface area contributed by atoms with Gasteiger partial charge in [-0.2, -0.15) is 0 Å². The van der Waals surface area contributed by atoms with Gasteiger partial charge in [0, 0.05) is 23.2 Å². The van der Waals surface area contributed by atoms with Crippen LogP contribution in [0.15, 0.2) is 28.2 Å². The number of hydrogen-bond donors (Lipinski definition) is 1. The zero-order chi connectivity index (χ0) is 13.7. The third-order valence-electron chi connectivity index (χ3n) is 4.61. The number of nitrogens with one attached hydrogen (secondary N) is 1. The summed E-state index contributed by atoms with van der Waals surface area (Å²) < 4.78 is 0. The molecule has 20 heavy (non-hydrogen) atoms. The summed E-state index contributed by atoms with van der Waals surface area (Å²) in [5.74, 6) is 2.17. The van der Waals surface area contributed by atoms with Crippen LogP contribution in [0.3, 0.4) is 0 Å². The fourth-order valence-electron chi connectivity index (χ4n) is 3.60. The highest BCUT2D eigenvalue weighted by molar-refractivity contribution is 6.42. The summed E-state index contributed by atoms with van der Waals surface area (Å²) in [6.07, 6.45) is 2.51. The van der Waals surface area contributed by atoms with Crippen LogP contribution in [0.4, 0.5) is 0 Å². The Balaban J connectivity index is 1.57. The topological polar surface area (TPSA) is 36.8 Å². The molecular weight excluding hydrogens is 293 g/mol. The lowest BCUT2D eigenvalue weighted by Gasteiger charge is -2.21. The van der Waals surface area contributed by atoms with E-state index in [-0.39, 0.29) is 0 Å². The Hall–Kier alpha value is -0.900. The van der Waals surface area contributed by atoms with E-state index in [0.717, 1.165) is 30.4 Å². The van der Waals surface area contributed by atoms with Crippen molar-refractivity contribution in [2.24, 2.45) is 21.8 Å². The van der Waals surface area contributed by atoms with E-state index in [0.29, 0.717) is 22.0 Å². The van der Waals surface area contributed by atoms with Gasteiger partial charge in [-0.1, -0.05) is 23.2 Å². The first-order valence-corrected chi connectivity index (χ1v) is 7.77. The van der Waals surface area contributed by atoms with E-state index in [4.69, 9.17) is 28.2 Å². The van der Waals surface area contributed by atoms with Crippen molar-refractivity contribution >= 4 is 34.7 Å². The zero-order valence-corrected chi connectivity index (χ0v) is 12.5. The minimum absolute atomic E-state index is 0.555. The summed E-state index contributed by atoms with van der Waals surface area (Å²) in [4.78, 5) is 9.34. The third kappa shape index (κ3) is 2.09. The molecule has 0 amide bonds. The fraction of sp³-hybridized carbons (Fsp3) is 0.467. The number of hydrogen-bond acceptors (Lipinski definition) is 3. The van der Waals surface area contributed by atoms with Crippen LogP contribution < -0.4 is 5.32 Å². The third-order valence-corrected chi connectivity index (χ3v) is 5.35. The van der Waals surface area contributed by atoms with E-state index in [1.807, 2.05) is 12.1 Å². The Labute approximate surface area is 128 Å². The van der Waals surface area contributed by atoms with Crippen LogP contribution in [0.25, 0.3) is 0 Å². The highest BCUT2D eigenvalue weighted by atomic mass is 35.5. The lowest BCUT2D eigenvalue weighted by molar-refractivity contribution is 0.435. The smallest absolute Gasteiger partial charge is 0.154 e. The molecular formula is C15H15Cl2N3. The molecule has 2 aliphatic heterocycles. The SMILES string of the molecule is Clc1ccc(C2=NCC(C3CC4CC3CN4)=N2)cc1Cl. The number of aliphatic imine (C=N–C) groups is 2. The van der Waals surface area contributed by atoms with Crippen LogP contribution in [0.1, 0.15) is 18.4 Å². The number of fused-ring (bicyclic) bond motifs is 2. The Kier molecular flexibility index (Phi) is 3.09. The molecule has 1 saturated heterocycles. The molecule has 0 radical (unpaired) electrons. The van der Waals surface area contributed by atoms with Crippen LogP contribution in [-0.2, 0) is 0 Å². The summed E-state index contributed by atoms with van der Waals surface area (Å²) in [5, 5.41) is 4.66. The summed E-state index contributed by atoms with van der Waals surface area (Å²) in [5.41, 5.74) is 2.20. The van der Waals surface area contributed by atoms with Crippen molar-refractivity contribution in [3.63, 3.8) is 0 Å². The lowest BCUT2D eigenvalue weighted by Crippen LogP contribution is -2.33. The number of nitrogens with zero attached hydrogens (tertiary/aromatic N) is 2. The summed E-state index contributed by atoms with van der Waals surface area (Å²) >= 11 is 12.0. The Morgan fingerprint density at radius 3 is 2.75 bits per heavy atom. The molecule has 0 aromatic heterocycles. The van der Waals surface area contributed by atoms with Gasteiger partial charge in [0.1, 0.15) is 0 Å². The van der Waals surface area contributed by atoms with Gasteiger partial charge in [0.25, 0.3) is 0 Å². The Morgan fingerprint density at radius 2 is 2.05 bits per heavy atom. The van der Waals surface area contributed by atoms with Gasteiger partial charge in [-0.15, -0.1) is 0 Å². The van der Waals surface area contributed by atoms with E-state index >= 15 is 0 Å². The minimum Gasteiger partial charge on any atom is -0.314 e. The summed E-state index contributed by atoms with van der Waals surface area (Å²) in [7, 11) is 0. The van der Waals surface area contributed by atoms with Gasteiger partial charge in [0.15, 0.2) is 5.84 Å². The molecule has 1 aromatic carbocycles. The van der Waals surface area contributed by atoms with Gasteiger partial charge < -0.3 is 5.32 Å². The number of halogens is 2. The average molecular weight is 308 g/mol. The van der Waals surface area contributed by atoms with Crippen molar-refractivity contribution in [2.45, 2.75) is 18.9 Å². The molecule has 3 aliphatic rings. The predicted octanol–water partition coefficient (Wildman–Crippen LogP) is 3.19. The standard InChI is InChI=1S/C15H15Cl2N3/c16-12-2-1-8(4-13(12)17)15-19-7-14(20-15)11-5-10-3-9(11)6-18-10/h1-2,4,9-11,18H,3,5-7H2. The number of benzene rings is 1. The van der Waals surface area contributed by atoms with Gasteiger partial charge in [-0.3, -0.25) is 4.99 Å². The van der Waals surface area contributed by atoms with E-state index in [1.165, 1.54) is 18.6 Å². The number of piperidine rings is 1. The first-order chi connectivity index (χ1) is 9.70. The molecule has 1 aromatic rings. The van der Waals surface area contributed by atoms with E-state index in [1.54, 1.807) is 6.07 Å². The highest BCUT2D eigenvalue weighted by Crippen LogP contribution is 2.38. The van der Waals surface area contributed by atoms with Crippen LogP contribution in [-0.4, -0.2) is 30.7 Å². The normalized spacial score (nSPS) is 31.6. The maximum Gasteiger partial charge on any atom is 0.154 e. The molecule has 1 aliphatic carbocycles. The van der Waals surface area contributed by atoms with Gasteiger partial charge in [0.05, 0.1) is 16.6 Å². The maximum absolute atomic E-state index is 6.06. The lowest BCUT2D eigenvalue weighted by atomic mass is 9.90. The first kappa shape index (κ1) is 12.8. The molecule has 1 saturated carbocycles. The first-order valence-electron chi connectivity index (χ1n) is 7.01. The molecule has 5 heteroatoms. The van der Waals surface area contributed by atoms with E-state index in [2.05, 4.69) is 10.3 Å². The highest BCUT2D eigenvalue weighted by Gasteiger charge is 2.42. The van der Waals surface area contributed by atoms with Gasteiger partial charge >= 0.3 is 0 Å². The van der Waals surface area contributed by atoms with Gasteiger partial charge in [0.2, 0.25) is 0 Å².